The Morgan fingerprint density at radius 1 is 1.16 bits per heavy atom. The van der Waals surface area contributed by atoms with Gasteiger partial charge in [-0.15, -0.1) is 0 Å². The summed E-state index contributed by atoms with van der Waals surface area (Å²) in [5, 5.41) is 2.46. The Hall–Kier alpha value is -1.48. The van der Waals surface area contributed by atoms with Gasteiger partial charge in [0, 0.05) is 24.3 Å². The number of alkyl halides is 1. The van der Waals surface area contributed by atoms with Crippen LogP contribution in [0, 0.1) is 0 Å². The van der Waals surface area contributed by atoms with E-state index in [1.165, 1.54) is 16.3 Å². The zero-order valence-electron chi connectivity index (χ0n) is 11.5. The van der Waals surface area contributed by atoms with Crippen molar-refractivity contribution in [3.05, 3.63) is 42.2 Å². The van der Waals surface area contributed by atoms with Crippen molar-refractivity contribution in [2.75, 3.05) is 20.3 Å². The maximum atomic E-state index is 12.0. The van der Waals surface area contributed by atoms with Crippen LogP contribution in [-0.4, -0.2) is 30.2 Å². The molecule has 3 heteroatoms. The second-order valence-electron chi connectivity index (χ2n) is 5.00. The fourth-order valence-electron chi connectivity index (χ4n) is 2.35. The Kier molecular flexibility index (Phi) is 5.28. The third kappa shape index (κ3) is 4.00. The molecule has 0 bridgehead atoms. The summed E-state index contributed by atoms with van der Waals surface area (Å²) >= 11 is 0. The van der Waals surface area contributed by atoms with Gasteiger partial charge >= 0.3 is 0 Å². The van der Waals surface area contributed by atoms with Crippen LogP contribution in [0.1, 0.15) is 24.8 Å². The molecule has 1 aromatic carbocycles. The number of unbranched alkanes of at least 4 members (excludes halogenated alkanes) is 2. The molecule has 0 N–H and O–H groups in total. The average Bonchev–Trinajstić information content (AvgIpc) is 2.44. The number of benzene rings is 1. The summed E-state index contributed by atoms with van der Waals surface area (Å²) in [6.45, 7) is 1.75. The van der Waals surface area contributed by atoms with Crippen LogP contribution in [0.4, 0.5) is 4.39 Å². The van der Waals surface area contributed by atoms with Crippen LogP contribution in [0.25, 0.3) is 10.8 Å². The predicted molar refractivity (Wildman–Crippen MR) is 77.9 cm³/mol. The maximum Gasteiger partial charge on any atom is 0.0894 e. The van der Waals surface area contributed by atoms with Gasteiger partial charge < -0.3 is 4.90 Å². The van der Waals surface area contributed by atoms with Gasteiger partial charge in [-0.05, 0) is 49.9 Å². The van der Waals surface area contributed by atoms with E-state index in [-0.39, 0.29) is 6.67 Å². The Labute approximate surface area is 114 Å². The smallest absolute Gasteiger partial charge is 0.0894 e. The molecular formula is C16H21FN2. The Bertz CT molecular complexity index is 508. The van der Waals surface area contributed by atoms with Gasteiger partial charge in [0.15, 0.2) is 0 Å². The average molecular weight is 260 g/mol. The van der Waals surface area contributed by atoms with Gasteiger partial charge in [-0.2, -0.15) is 0 Å². The first-order valence-electron chi connectivity index (χ1n) is 6.87. The highest BCUT2D eigenvalue weighted by Crippen LogP contribution is 2.18. The van der Waals surface area contributed by atoms with E-state index in [1.807, 2.05) is 12.4 Å². The summed E-state index contributed by atoms with van der Waals surface area (Å²) in [7, 11) is 2.12. The lowest BCUT2D eigenvalue weighted by Gasteiger charge is -2.17. The minimum atomic E-state index is -0.194. The highest BCUT2D eigenvalue weighted by atomic mass is 19.1. The van der Waals surface area contributed by atoms with Gasteiger partial charge in [-0.1, -0.05) is 18.2 Å². The number of pyridine rings is 1. The molecule has 0 aliphatic rings. The first kappa shape index (κ1) is 13.9. The van der Waals surface area contributed by atoms with Crippen molar-refractivity contribution in [1.29, 1.82) is 0 Å². The lowest BCUT2D eigenvalue weighted by Crippen LogP contribution is -2.19. The van der Waals surface area contributed by atoms with Crippen LogP contribution in [-0.2, 0) is 6.54 Å². The SMILES string of the molecule is CN(CCCCCF)Cc1cccc2cnccc12. The number of aromatic nitrogens is 1. The van der Waals surface area contributed by atoms with E-state index in [4.69, 9.17) is 0 Å². The second-order valence-corrected chi connectivity index (χ2v) is 5.00. The molecule has 0 atom stereocenters. The largest absolute Gasteiger partial charge is 0.302 e. The van der Waals surface area contributed by atoms with E-state index in [2.05, 4.69) is 41.2 Å². The van der Waals surface area contributed by atoms with E-state index in [9.17, 15) is 4.39 Å². The van der Waals surface area contributed by atoms with Crippen LogP contribution in [0.15, 0.2) is 36.7 Å². The fraction of sp³-hybridized carbons (Fsp3) is 0.438. The zero-order valence-corrected chi connectivity index (χ0v) is 11.5. The van der Waals surface area contributed by atoms with Gasteiger partial charge in [-0.3, -0.25) is 9.37 Å². The number of rotatable bonds is 7. The van der Waals surface area contributed by atoms with Crippen molar-refractivity contribution in [1.82, 2.24) is 9.88 Å². The summed E-state index contributed by atoms with van der Waals surface area (Å²) in [6.07, 6.45) is 6.47. The standard InChI is InChI=1S/C16H21FN2/c1-19(11-4-2-3-9-17)13-15-7-5-6-14-12-18-10-8-16(14)15/h5-8,10,12H,2-4,9,11,13H2,1H3. The Morgan fingerprint density at radius 3 is 2.89 bits per heavy atom. The van der Waals surface area contributed by atoms with Gasteiger partial charge in [-0.25, -0.2) is 0 Å². The van der Waals surface area contributed by atoms with E-state index in [0.29, 0.717) is 6.42 Å². The van der Waals surface area contributed by atoms with E-state index < -0.39 is 0 Å². The highest BCUT2D eigenvalue weighted by Gasteiger charge is 2.04. The predicted octanol–water partition coefficient (Wildman–Crippen LogP) is 3.81. The summed E-state index contributed by atoms with van der Waals surface area (Å²) in [5.74, 6) is 0. The zero-order chi connectivity index (χ0) is 13.5. The molecule has 1 heterocycles. The number of fused-ring (bicyclic) bond motifs is 1. The van der Waals surface area contributed by atoms with Crippen LogP contribution >= 0.6 is 0 Å². The van der Waals surface area contributed by atoms with Crippen LogP contribution in [0.2, 0.25) is 0 Å². The van der Waals surface area contributed by atoms with Crippen LogP contribution < -0.4 is 0 Å². The summed E-state index contributed by atoms with van der Waals surface area (Å²) in [5.41, 5.74) is 1.33. The lowest BCUT2D eigenvalue weighted by molar-refractivity contribution is 0.314. The van der Waals surface area contributed by atoms with Crippen molar-refractivity contribution in [3.63, 3.8) is 0 Å². The first-order valence-corrected chi connectivity index (χ1v) is 6.87. The lowest BCUT2D eigenvalue weighted by atomic mass is 10.1. The van der Waals surface area contributed by atoms with Crippen molar-refractivity contribution in [2.45, 2.75) is 25.8 Å². The Morgan fingerprint density at radius 2 is 2.05 bits per heavy atom. The molecule has 2 nitrogen and oxygen atoms in total. The third-order valence-corrected chi connectivity index (χ3v) is 3.38. The summed E-state index contributed by atoms with van der Waals surface area (Å²) in [4.78, 5) is 6.45. The molecule has 0 unspecified atom stereocenters. The van der Waals surface area contributed by atoms with Crippen molar-refractivity contribution >= 4 is 10.8 Å². The van der Waals surface area contributed by atoms with Crippen molar-refractivity contribution in [3.8, 4) is 0 Å². The number of halogens is 1. The molecule has 0 saturated heterocycles. The molecule has 2 rings (SSSR count). The van der Waals surface area contributed by atoms with Gasteiger partial charge in [0.2, 0.25) is 0 Å². The van der Waals surface area contributed by atoms with Crippen molar-refractivity contribution < 1.29 is 4.39 Å². The van der Waals surface area contributed by atoms with E-state index in [0.717, 1.165) is 25.9 Å². The van der Waals surface area contributed by atoms with Gasteiger partial charge in [0.25, 0.3) is 0 Å². The van der Waals surface area contributed by atoms with Crippen molar-refractivity contribution in [2.24, 2.45) is 0 Å². The third-order valence-electron chi connectivity index (χ3n) is 3.38. The first-order chi connectivity index (χ1) is 9.31. The molecule has 19 heavy (non-hydrogen) atoms. The molecule has 102 valence electrons. The second kappa shape index (κ2) is 7.19. The quantitative estimate of drug-likeness (QED) is 0.704. The highest BCUT2D eigenvalue weighted by molar-refractivity contribution is 5.84. The normalized spacial score (nSPS) is 11.3. The molecule has 0 saturated carbocycles. The molecule has 0 radical (unpaired) electrons. The molecule has 2 aromatic rings. The molecule has 1 aromatic heterocycles. The molecular weight excluding hydrogens is 239 g/mol. The Balaban J connectivity index is 1.97. The topological polar surface area (TPSA) is 16.1 Å². The summed E-state index contributed by atoms with van der Waals surface area (Å²) < 4.78 is 12.0. The fourth-order valence-corrected chi connectivity index (χ4v) is 2.35. The van der Waals surface area contributed by atoms with E-state index in [1.54, 1.807) is 0 Å². The maximum absolute atomic E-state index is 12.0. The summed E-state index contributed by atoms with van der Waals surface area (Å²) in [6, 6.07) is 8.41. The number of hydrogen-bond acceptors (Lipinski definition) is 2. The molecule has 0 fully saturated rings. The van der Waals surface area contributed by atoms with Crippen LogP contribution in [0.5, 0.6) is 0 Å². The minimum Gasteiger partial charge on any atom is -0.302 e. The van der Waals surface area contributed by atoms with Gasteiger partial charge in [0.1, 0.15) is 0 Å². The van der Waals surface area contributed by atoms with Crippen LogP contribution in [0.3, 0.4) is 0 Å². The molecule has 0 aliphatic carbocycles. The number of hydrogen-bond donors (Lipinski definition) is 0. The number of nitrogens with zero attached hydrogens (tertiary/aromatic N) is 2. The van der Waals surface area contributed by atoms with E-state index >= 15 is 0 Å². The molecule has 0 aliphatic heterocycles. The molecule has 0 spiro atoms. The molecule has 0 amide bonds. The van der Waals surface area contributed by atoms with Gasteiger partial charge in [0.05, 0.1) is 6.67 Å². The monoisotopic (exact) mass is 260 g/mol. The minimum absolute atomic E-state index is 0.194.